The van der Waals surface area contributed by atoms with Crippen LogP contribution in [0.1, 0.15) is 35.7 Å². The minimum atomic E-state index is 0.0809. The lowest BCUT2D eigenvalue weighted by Crippen LogP contribution is -2.26. The van der Waals surface area contributed by atoms with Crippen molar-refractivity contribution in [2.24, 2.45) is 0 Å². The van der Waals surface area contributed by atoms with E-state index in [0.29, 0.717) is 0 Å². The number of benzene rings is 5. The second-order valence-electron chi connectivity index (χ2n) is 7.87. The third kappa shape index (κ3) is 3.49. The monoisotopic (exact) mass is 387 g/mol. The van der Waals surface area contributed by atoms with Gasteiger partial charge in [-0.2, -0.15) is 0 Å². The van der Waals surface area contributed by atoms with Gasteiger partial charge >= 0.3 is 0 Å². The molecule has 0 fully saturated rings. The first kappa shape index (κ1) is 18.6. The predicted octanol–water partition coefficient (Wildman–Crippen LogP) is 7.43. The molecule has 30 heavy (non-hydrogen) atoms. The molecule has 5 aromatic carbocycles. The fraction of sp³-hybridized carbons (Fsp3) is 0.103. The maximum absolute atomic E-state index is 3.95. The van der Waals surface area contributed by atoms with Crippen molar-refractivity contribution in [3.8, 4) is 0 Å². The Morgan fingerprint density at radius 2 is 0.967 bits per heavy atom. The van der Waals surface area contributed by atoms with Crippen molar-refractivity contribution in [1.82, 2.24) is 5.32 Å². The zero-order valence-corrected chi connectivity index (χ0v) is 17.1. The van der Waals surface area contributed by atoms with Crippen LogP contribution >= 0.6 is 0 Å². The molecule has 0 radical (unpaired) electrons. The van der Waals surface area contributed by atoms with Crippen LogP contribution in [0, 0.1) is 0 Å². The molecular weight excluding hydrogens is 362 g/mol. The summed E-state index contributed by atoms with van der Waals surface area (Å²) in [5.41, 5.74) is 3.92. The lowest BCUT2D eigenvalue weighted by Gasteiger charge is -2.27. The normalized spacial score (nSPS) is 12.5. The van der Waals surface area contributed by atoms with Crippen molar-refractivity contribution < 1.29 is 0 Å². The molecular formula is C29H25N. The highest BCUT2D eigenvalue weighted by Gasteiger charge is 2.21. The Labute approximate surface area is 178 Å². The third-order valence-electron chi connectivity index (χ3n) is 5.98. The highest BCUT2D eigenvalue weighted by molar-refractivity contribution is 5.90. The van der Waals surface area contributed by atoms with Gasteiger partial charge in [-0.15, -0.1) is 0 Å². The molecule has 0 unspecified atom stereocenters. The van der Waals surface area contributed by atoms with E-state index in [9.17, 15) is 0 Å². The Hall–Kier alpha value is -3.42. The van der Waals surface area contributed by atoms with Gasteiger partial charge in [0.15, 0.2) is 0 Å². The van der Waals surface area contributed by atoms with Gasteiger partial charge in [0, 0.05) is 6.04 Å². The predicted molar refractivity (Wildman–Crippen MR) is 128 cm³/mol. The molecule has 146 valence electrons. The van der Waals surface area contributed by atoms with Crippen LogP contribution in [0.15, 0.2) is 115 Å². The van der Waals surface area contributed by atoms with Crippen LogP contribution in [0.4, 0.5) is 0 Å². The number of fused-ring (bicyclic) bond motifs is 2. The van der Waals surface area contributed by atoms with Crippen LogP contribution < -0.4 is 5.32 Å². The zero-order chi connectivity index (χ0) is 20.3. The van der Waals surface area contributed by atoms with Gasteiger partial charge < -0.3 is 0 Å². The summed E-state index contributed by atoms with van der Waals surface area (Å²) in [5, 5.41) is 9.09. The summed E-state index contributed by atoms with van der Waals surface area (Å²) in [6.07, 6.45) is 0. The van der Waals surface area contributed by atoms with Crippen molar-refractivity contribution in [3.05, 3.63) is 132 Å². The summed E-state index contributed by atoms with van der Waals surface area (Å²) in [7, 11) is 0. The molecule has 0 aliphatic carbocycles. The summed E-state index contributed by atoms with van der Waals surface area (Å²) in [4.78, 5) is 0. The zero-order valence-electron chi connectivity index (χ0n) is 17.1. The molecule has 0 aliphatic rings. The summed E-state index contributed by atoms with van der Waals surface area (Å²) >= 11 is 0. The Kier molecular flexibility index (Phi) is 5.04. The van der Waals surface area contributed by atoms with Crippen LogP contribution in [-0.2, 0) is 0 Å². The lowest BCUT2D eigenvalue weighted by atomic mass is 9.89. The van der Waals surface area contributed by atoms with Gasteiger partial charge in [-0.3, -0.25) is 5.32 Å². The summed E-state index contributed by atoms with van der Waals surface area (Å²) < 4.78 is 0. The molecule has 1 atom stereocenters. The van der Waals surface area contributed by atoms with Gasteiger partial charge in [-0.1, -0.05) is 115 Å². The van der Waals surface area contributed by atoms with Gasteiger partial charge in [0.25, 0.3) is 0 Å². The van der Waals surface area contributed by atoms with E-state index < -0.39 is 0 Å². The van der Waals surface area contributed by atoms with Crippen molar-refractivity contribution in [1.29, 1.82) is 0 Å². The molecule has 0 amide bonds. The number of nitrogens with one attached hydrogen (secondary N) is 1. The summed E-state index contributed by atoms with van der Waals surface area (Å²) in [6, 6.07) is 41.6. The largest absolute Gasteiger partial charge is 0.300 e. The molecule has 0 saturated carbocycles. The Morgan fingerprint density at radius 1 is 0.500 bits per heavy atom. The second kappa shape index (κ2) is 8.14. The van der Waals surface area contributed by atoms with Crippen LogP contribution in [0.25, 0.3) is 21.5 Å². The molecule has 0 aliphatic heterocycles. The third-order valence-corrected chi connectivity index (χ3v) is 5.98. The Balaban J connectivity index is 1.69. The molecule has 0 saturated heterocycles. The van der Waals surface area contributed by atoms with Crippen LogP contribution in [0.2, 0.25) is 0 Å². The highest BCUT2D eigenvalue weighted by Crippen LogP contribution is 2.34. The van der Waals surface area contributed by atoms with Crippen LogP contribution in [0.3, 0.4) is 0 Å². The lowest BCUT2D eigenvalue weighted by molar-refractivity contribution is 0.521. The van der Waals surface area contributed by atoms with Gasteiger partial charge in [-0.05, 0) is 45.2 Å². The van der Waals surface area contributed by atoms with Crippen LogP contribution in [0.5, 0.6) is 0 Å². The quantitative estimate of drug-likeness (QED) is 0.330. The average molecular weight is 388 g/mol. The maximum Gasteiger partial charge on any atom is 0.0593 e. The molecule has 5 rings (SSSR count). The fourth-order valence-corrected chi connectivity index (χ4v) is 4.44. The standard InChI is InChI=1S/C29H25N/c1-21(22-11-3-2-4-12-22)30-29(27-19-9-15-23-13-5-7-17-25(23)27)28-20-10-16-24-14-6-8-18-26(24)28/h2-21,29-30H,1H3/t21-/m0/s1. The highest BCUT2D eigenvalue weighted by atomic mass is 14.9. The first-order chi connectivity index (χ1) is 14.8. The molecule has 0 spiro atoms. The van der Waals surface area contributed by atoms with Gasteiger partial charge in [0.2, 0.25) is 0 Å². The van der Waals surface area contributed by atoms with Crippen molar-refractivity contribution >= 4 is 21.5 Å². The molecule has 0 bridgehead atoms. The van der Waals surface area contributed by atoms with Gasteiger partial charge in [0.05, 0.1) is 6.04 Å². The minimum absolute atomic E-state index is 0.0809. The molecule has 5 aromatic rings. The van der Waals surface area contributed by atoms with E-state index in [-0.39, 0.29) is 12.1 Å². The SMILES string of the molecule is C[C@H](NC(c1cccc2ccccc12)c1cccc2ccccc12)c1ccccc1. The Bertz CT molecular complexity index is 1200. The summed E-state index contributed by atoms with van der Waals surface area (Å²) in [6.45, 7) is 2.25. The number of hydrogen-bond donors (Lipinski definition) is 1. The number of rotatable bonds is 5. The van der Waals surface area contributed by atoms with E-state index in [4.69, 9.17) is 0 Å². The molecule has 0 aromatic heterocycles. The molecule has 1 nitrogen and oxygen atoms in total. The van der Waals surface area contributed by atoms with E-state index in [1.165, 1.54) is 38.2 Å². The van der Waals surface area contributed by atoms with Crippen molar-refractivity contribution in [2.45, 2.75) is 19.0 Å². The van der Waals surface area contributed by atoms with E-state index >= 15 is 0 Å². The first-order valence-electron chi connectivity index (χ1n) is 10.6. The second-order valence-corrected chi connectivity index (χ2v) is 7.87. The van der Waals surface area contributed by atoms with Gasteiger partial charge in [-0.25, -0.2) is 0 Å². The van der Waals surface area contributed by atoms with E-state index in [2.05, 4.69) is 128 Å². The van der Waals surface area contributed by atoms with Crippen LogP contribution in [-0.4, -0.2) is 0 Å². The summed E-state index contributed by atoms with van der Waals surface area (Å²) in [5.74, 6) is 0. The van der Waals surface area contributed by atoms with Gasteiger partial charge in [0.1, 0.15) is 0 Å². The van der Waals surface area contributed by atoms with E-state index in [0.717, 1.165) is 0 Å². The first-order valence-corrected chi connectivity index (χ1v) is 10.6. The smallest absolute Gasteiger partial charge is 0.0593 e. The topological polar surface area (TPSA) is 12.0 Å². The number of hydrogen-bond acceptors (Lipinski definition) is 1. The molecule has 1 heteroatoms. The fourth-order valence-electron chi connectivity index (χ4n) is 4.44. The minimum Gasteiger partial charge on any atom is -0.300 e. The maximum atomic E-state index is 3.95. The van der Waals surface area contributed by atoms with E-state index in [1.54, 1.807) is 0 Å². The molecule has 0 heterocycles. The van der Waals surface area contributed by atoms with Crippen molar-refractivity contribution in [3.63, 3.8) is 0 Å². The Morgan fingerprint density at radius 3 is 1.53 bits per heavy atom. The van der Waals surface area contributed by atoms with Crippen molar-refractivity contribution in [2.75, 3.05) is 0 Å². The van der Waals surface area contributed by atoms with E-state index in [1.807, 2.05) is 0 Å². The average Bonchev–Trinajstić information content (AvgIpc) is 2.82. The molecule has 1 N–H and O–H groups in total.